The average molecular weight is 346 g/mol. The number of ether oxygens (including phenoxy) is 1. The highest BCUT2D eigenvalue weighted by Crippen LogP contribution is 2.38. The fourth-order valence-electron chi connectivity index (χ4n) is 2.82. The van der Waals surface area contributed by atoms with Gasteiger partial charge in [-0.1, -0.05) is 24.3 Å². The van der Waals surface area contributed by atoms with Crippen molar-refractivity contribution in [2.24, 2.45) is 0 Å². The zero-order valence-electron chi connectivity index (χ0n) is 14.0. The number of benzene rings is 2. The van der Waals surface area contributed by atoms with Gasteiger partial charge >= 0.3 is 0 Å². The van der Waals surface area contributed by atoms with E-state index in [1.54, 1.807) is 24.3 Å². The summed E-state index contributed by atoms with van der Waals surface area (Å²) in [6, 6.07) is 14.2. The molecule has 0 amide bonds. The van der Waals surface area contributed by atoms with Crippen LogP contribution in [-0.2, 0) is 16.4 Å². The van der Waals surface area contributed by atoms with Crippen LogP contribution in [-0.4, -0.2) is 47.1 Å². The third-order valence-corrected chi connectivity index (χ3v) is 5.90. The maximum atomic E-state index is 12.9. The zero-order chi connectivity index (χ0) is 17.2. The highest BCUT2D eigenvalue weighted by atomic mass is 32.2. The van der Waals surface area contributed by atoms with Gasteiger partial charge in [0, 0.05) is 18.7 Å². The Labute approximate surface area is 143 Å². The summed E-state index contributed by atoms with van der Waals surface area (Å²) in [5.41, 5.74) is 1.69. The lowest BCUT2D eigenvalue weighted by Gasteiger charge is -2.20. The summed E-state index contributed by atoms with van der Waals surface area (Å²) < 4.78 is 33.1. The van der Waals surface area contributed by atoms with Crippen LogP contribution in [0.25, 0.3) is 0 Å². The zero-order valence-corrected chi connectivity index (χ0v) is 14.8. The van der Waals surface area contributed by atoms with Crippen molar-refractivity contribution in [3.63, 3.8) is 0 Å². The summed E-state index contributed by atoms with van der Waals surface area (Å²) in [5, 5.41) is 0. The second kappa shape index (κ2) is 6.83. The van der Waals surface area contributed by atoms with Crippen LogP contribution in [0, 0.1) is 0 Å². The van der Waals surface area contributed by atoms with Crippen LogP contribution in [0.1, 0.15) is 5.56 Å². The smallest absolute Gasteiger partial charge is 0.264 e. The number of likely N-dealkylation sites (N-methyl/N-ethyl adjacent to an activating group) is 1. The predicted octanol–water partition coefficient (Wildman–Crippen LogP) is 2.38. The molecule has 0 aromatic heterocycles. The quantitative estimate of drug-likeness (QED) is 0.806. The normalized spacial score (nSPS) is 14.0. The number of sulfonamides is 1. The van der Waals surface area contributed by atoms with E-state index >= 15 is 0 Å². The molecule has 5 nitrogen and oxygen atoms in total. The molecule has 0 saturated heterocycles. The fraction of sp³-hybridized carbons (Fsp3) is 0.333. The van der Waals surface area contributed by atoms with Gasteiger partial charge in [-0.25, -0.2) is 8.42 Å². The Bertz CT molecular complexity index is 804. The molecule has 1 heterocycles. The van der Waals surface area contributed by atoms with Gasteiger partial charge in [0.2, 0.25) is 0 Å². The molecule has 0 bridgehead atoms. The predicted molar refractivity (Wildman–Crippen MR) is 95.2 cm³/mol. The van der Waals surface area contributed by atoms with Crippen molar-refractivity contribution in [3.05, 3.63) is 54.1 Å². The lowest BCUT2D eigenvalue weighted by Crippen LogP contribution is -2.29. The van der Waals surface area contributed by atoms with E-state index in [0.717, 1.165) is 23.5 Å². The maximum Gasteiger partial charge on any atom is 0.264 e. The lowest BCUT2D eigenvalue weighted by atomic mass is 10.1. The van der Waals surface area contributed by atoms with Gasteiger partial charge in [-0.2, -0.15) is 0 Å². The molecule has 0 unspecified atom stereocenters. The molecule has 0 N–H and O–H groups in total. The minimum absolute atomic E-state index is 0.316. The Hall–Kier alpha value is -2.05. The summed E-state index contributed by atoms with van der Waals surface area (Å²) in [5.74, 6) is 0.778. The van der Waals surface area contributed by atoms with E-state index in [1.807, 2.05) is 38.4 Å². The molecule has 0 fully saturated rings. The van der Waals surface area contributed by atoms with Gasteiger partial charge in [0.25, 0.3) is 10.0 Å². The van der Waals surface area contributed by atoms with Crippen LogP contribution in [0.2, 0.25) is 0 Å². The van der Waals surface area contributed by atoms with E-state index in [2.05, 4.69) is 4.90 Å². The van der Waals surface area contributed by atoms with Crippen molar-refractivity contribution < 1.29 is 13.2 Å². The number of anilines is 1. The van der Waals surface area contributed by atoms with Gasteiger partial charge in [-0.05, 0) is 44.8 Å². The van der Waals surface area contributed by atoms with Crippen LogP contribution < -0.4 is 9.04 Å². The van der Waals surface area contributed by atoms with Crippen LogP contribution in [0.15, 0.2) is 53.4 Å². The monoisotopic (exact) mass is 346 g/mol. The van der Waals surface area contributed by atoms with E-state index in [-0.39, 0.29) is 0 Å². The van der Waals surface area contributed by atoms with Gasteiger partial charge in [0.05, 0.1) is 10.6 Å². The molecule has 2 aromatic rings. The maximum absolute atomic E-state index is 12.9. The standard InChI is InChI=1S/C18H22N2O3S/c1-19(2)13-14-23-18-10-6-9-17-16(18)11-12-20(17)24(21,22)15-7-4-3-5-8-15/h3-10H,11-14H2,1-2H3. The summed E-state index contributed by atoms with van der Waals surface area (Å²) in [4.78, 5) is 2.37. The molecule has 128 valence electrons. The molecule has 0 radical (unpaired) electrons. The molecule has 3 rings (SSSR count). The first-order valence-electron chi connectivity index (χ1n) is 7.97. The van der Waals surface area contributed by atoms with Crippen molar-refractivity contribution in [2.45, 2.75) is 11.3 Å². The molecule has 0 saturated carbocycles. The Morgan fingerprint density at radius 1 is 1.08 bits per heavy atom. The average Bonchev–Trinajstić information content (AvgIpc) is 3.01. The minimum Gasteiger partial charge on any atom is -0.492 e. The fourth-order valence-corrected chi connectivity index (χ4v) is 4.33. The Balaban J connectivity index is 1.88. The molecule has 0 atom stereocenters. The number of fused-ring (bicyclic) bond motifs is 1. The number of hydrogen-bond acceptors (Lipinski definition) is 4. The molecular formula is C18H22N2O3S. The highest BCUT2D eigenvalue weighted by Gasteiger charge is 2.32. The molecular weight excluding hydrogens is 324 g/mol. The van der Waals surface area contributed by atoms with Crippen LogP contribution in [0.5, 0.6) is 5.75 Å². The van der Waals surface area contributed by atoms with Crippen molar-refractivity contribution in [2.75, 3.05) is 38.1 Å². The summed E-state index contributed by atoms with van der Waals surface area (Å²) >= 11 is 0. The van der Waals surface area contributed by atoms with E-state index in [4.69, 9.17) is 4.74 Å². The van der Waals surface area contributed by atoms with E-state index in [0.29, 0.717) is 24.5 Å². The van der Waals surface area contributed by atoms with Crippen molar-refractivity contribution in [1.29, 1.82) is 0 Å². The second-order valence-electron chi connectivity index (χ2n) is 6.05. The molecule has 6 heteroatoms. The number of nitrogens with zero attached hydrogens (tertiary/aromatic N) is 2. The van der Waals surface area contributed by atoms with Crippen molar-refractivity contribution in [3.8, 4) is 5.75 Å². The van der Waals surface area contributed by atoms with E-state index in [9.17, 15) is 8.42 Å². The van der Waals surface area contributed by atoms with Crippen LogP contribution >= 0.6 is 0 Å². The lowest BCUT2D eigenvalue weighted by molar-refractivity contribution is 0.260. The molecule has 0 spiro atoms. The first-order valence-corrected chi connectivity index (χ1v) is 9.41. The summed E-state index contributed by atoms with van der Waals surface area (Å²) in [6.07, 6.45) is 0.666. The molecule has 2 aromatic carbocycles. The first-order chi connectivity index (χ1) is 11.5. The van der Waals surface area contributed by atoms with E-state index < -0.39 is 10.0 Å². The summed E-state index contributed by atoms with van der Waals surface area (Å²) in [7, 11) is 0.453. The van der Waals surface area contributed by atoms with Crippen molar-refractivity contribution in [1.82, 2.24) is 4.90 Å². The van der Waals surface area contributed by atoms with Gasteiger partial charge in [0.1, 0.15) is 12.4 Å². The summed E-state index contributed by atoms with van der Waals surface area (Å²) in [6.45, 7) is 1.84. The van der Waals surface area contributed by atoms with Gasteiger partial charge in [-0.15, -0.1) is 0 Å². The SMILES string of the molecule is CN(C)CCOc1cccc2c1CCN2S(=O)(=O)c1ccccc1. The van der Waals surface area contributed by atoms with Crippen LogP contribution in [0.3, 0.4) is 0 Å². The molecule has 0 aliphatic carbocycles. The largest absolute Gasteiger partial charge is 0.492 e. The van der Waals surface area contributed by atoms with Gasteiger partial charge in [0.15, 0.2) is 0 Å². The topological polar surface area (TPSA) is 49.9 Å². The second-order valence-corrected chi connectivity index (χ2v) is 7.91. The van der Waals surface area contributed by atoms with Crippen molar-refractivity contribution >= 4 is 15.7 Å². The molecule has 24 heavy (non-hydrogen) atoms. The Morgan fingerprint density at radius 3 is 2.54 bits per heavy atom. The molecule has 1 aliphatic rings. The third kappa shape index (κ3) is 3.25. The Morgan fingerprint density at radius 2 is 1.83 bits per heavy atom. The highest BCUT2D eigenvalue weighted by molar-refractivity contribution is 7.92. The number of hydrogen-bond donors (Lipinski definition) is 0. The third-order valence-electron chi connectivity index (χ3n) is 4.07. The van der Waals surface area contributed by atoms with E-state index in [1.165, 1.54) is 4.31 Å². The van der Waals surface area contributed by atoms with Crippen LogP contribution in [0.4, 0.5) is 5.69 Å². The van der Waals surface area contributed by atoms with Gasteiger partial charge in [-0.3, -0.25) is 4.31 Å². The minimum atomic E-state index is -3.53. The molecule has 1 aliphatic heterocycles. The number of rotatable bonds is 6. The Kier molecular flexibility index (Phi) is 4.78. The van der Waals surface area contributed by atoms with Gasteiger partial charge < -0.3 is 9.64 Å². The first kappa shape index (κ1) is 16.8.